The summed E-state index contributed by atoms with van der Waals surface area (Å²) in [6, 6.07) is 5.49. The highest BCUT2D eigenvalue weighted by Crippen LogP contribution is 2.35. The van der Waals surface area contributed by atoms with Crippen LogP contribution in [0.5, 0.6) is 11.5 Å². The Morgan fingerprint density at radius 2 is 2.05 bits per heavy atom. The average Bonchev–Trinajstić information content (AvgIpc) is 3.16. The summed E-state index contributed by atoms with van der Waals surface area (Å²) in [6.07, 6.45) is 2.09. The molecular formula is C15H19N3O4. The van der Waals surface area contributed by atoms with Crippen molar-refractivity contribution in [3.05, 3.63) is 18.2 Å². The molecular weight excluding hydrogens is 286 g/mol. The number of ether oxygens (including phenoxy) is 2. The fourth-order valence-corrected chi connectivity index (χ4v) is 2.27. The maximum atomic E-state index is 11.8. The number of nitrogens with zero attached hydrogens (tertiary/aromatic N) is 1. The van der Waals surface area contributed by atoms with E-state index in [0.717, 1.165) is 18.5 Å². The van der Waals surface area contributed by atoms with Crippen LogP contribution in [-0.2, 0) is 4.79 Å². The van der Waals surface area contributed by atoms with E-state index in [1.807, 2.05) is 0 Å². The third-order valence-electron chi connectivity index (χ3n) is 3.58. The van der Waals surface area contributed by atoms with Gasteiger partial charge in [-0.3, -0.25) is 4.79 Å². The fourth-order valence-electron chi connectivity index (χ4n) is 2.27. The fraction of sp³-hybridized carbons (Fsp3) is 0.467. The van der Waals surface area contributed by atoms with Gasteiger partial charge in [-0.05, 0) is 25.0 Å². The molecule has 1 aliphatic heterocycles. The zero-order valence-corrected chi connectivity index (χ0v) is 12.4. The Bertz CT molecular complexity index is 586. The predicted molar refractivity (Wildman–Crippen MR) is 80.1 cm³/mol. The van der Waals surface area contributed by atoms with Gasteiger partial charge in [0.25, 0.3) is 0 Å². The smallest absolute Gasteiger partial charge is 0.315 e. The first kappa shape index (κ1) is 14.5. The molecule has 118 valence electrons. The van der Waals surface area contributed by atoms with E-state index in [9.17, 15) is 9.59 Å². The summed E-state index contributed by atoms with van der Waals surface area (Å²) in [5.41, 5.74) is 0.723. The molecule has 0 aromatic heterocycles. The Kier molecular flexibility index (Phi) is 4.04. The van der Waals surface area contributed by atoms with Gasteiger partial charge in [0.1, 0.15) is 0 Å². The molecule has 1 aliphatic carbocycles. The van der Waals surface area contributed by atoms with Gasteiger partial charge in [-0.2, -0.15) is 0 Å². The van der Waals surface area contributed by atoms with E-state index in [2.05, 4.69) is 10.6 Å². The second-order valence-electron chi connectivity index (χ2n) is 5.38. The normalized spacial score (nSPS) is 15.3. The lowest BCUT2D eigenvalue weighted by Crippen LogP contribution is -2.42. The summed E-state index contributed by atoms with van der Waals surface area (Å²) in [7, 11) is 0. The standard InChI is InChI=1S/C15H19N3O4/c1-10(19)18(7-6-16-15(20)17-11-2-3-11)12-4-5-13-14(8-12)22-9-21-13/h4-5,8,11H,2-3,6-7,9H2,1H3,(H2,16,17,20). The van der Waals surface area contributed by atoms with Crippen LogP contribution in [0.25, 0.3) is 0 Å². The lowest BCUT2D eigenvalue weighted by Gasteiger charge is -2.21. The molecule has 7 heteroatoms. The van der Waals surface area contributed by atoms with Crippen LogP contribution in [0.1, 0.15) is 19.8 Å². The topological polar surface area (TPSA) is 79.9 Å². The number of hydrogen-bond acceptors (Lipinski definition) is 4. The second kappa shape index (κ2) is 6.13. The Hall–Kier alpha value is -2.44. The molecule has 3 amide bonds. The SMILES string of the molecule is CC(=O)N(CCNC(=O)NC1CC1)c1ccc2c(c1)OCO2. The van der Waals surface area contributed by atoms with E-state index in [4.69, 9.17) is 9.47 Å². The Labute approximate surface area is 128 Å². The van der Waals surface area contributed by atoms with Gasteiger partial charge in [-0.25, -0.2) is 4.79 Å². The van der Waals surface area contributed by atoms with Crippen LogP contribution in [0.2, 0.25) is 0 Å². The average molecular weight is 305 g/mol. The lowest BCUT2D eigenvalue weighted by molar-refractivity contribution is -0.116. The second-order valence-corrected chi connectivity index (χ2v) is 5.38. The van der Waals surface area contributed by atoms with Crippen LogP contribution >= 0.6 is 0 Å². The highest BCUT2D eigenvalue weighted by molar-refractivity contribution is 5.92. The van der Waals surface area contributed by atoms with Gasteiger partial charge in [0.05, 0.1) is 0 Å². The number of benzene rings is 1. The molecule has 1 fully saturated rings. The molecule has 0 atom stereocenters. The van der Waals surface area contributed by atoms with E-state index in [1.54, 1.807) is 23.1 Å². The van der Waals surface area contributed by atoms with Crippen LogP contribution in [-0.4, -0.2) is 37.9 Å². The number of amides is 3. The molecule has 2 N–H and O–H groups in total. The number of carbonyl (C=O) groups excluding carboxylic acids is 2. The molecule has 1 saturated carbocycles. The van der Waals surface area contributed by atoms with E-state index in [1.165, 1.54) is 6.92 Å². The molecule has 1 aromatic carbocycles. The third-order valence-corrected chi connectivity index (χ3v) is 3.58. The molecule has 1 heterocycles. The predicted octanol–water partition coefficient (Wildman–Crippen LogP) is 1.23. The van der Waals surface area contributed by atoms with Crippen molar-refractivity contribution in [1.82, 2.24) is 10.6 Å². The zero-order valence-electron chi connectivity index (χ0n) is 12.4. The highest BCUT2D eigenvalue weighted by atomic mass is 16.7. The van der Waals surface area contributed by atoms with Crippen molar-refractivity contribution in [2.75, 3.05) is 24.8 Å². The first-order valence-electron chi connectivity index (χ1n) is 7.35. The van der Waals surface area contributed by atoms with Crippen molar-refractivity contribution < 1.29 is 19.1 Å². The molecule has 0 bridgehead atoms. The Balaban J connectivity index is 1.57. The van der Waals surface area contributed by atoms with Gasteiger partial charge in [0.2, 0.25) is 12.7 Å². The van der Waals surface area contributed by atoms with Gasteiger partial charge in [-0.15, -0.1) is 0 Å². The van der Waals surface area contributed by atoms with Gasteiger partial charge < -0.3 is 25.0 Å². The zero-order chi connectivity index (χ0) is 15.5. The molecule has 22 heavy (non-hydrogen) atoms. The number of anilines is 1. The summed E-state index contributed by atoms with van der Waals surface area (Å²) in [4.78, 5) is 25.0. The van der Waals surface area contributed by atoms with Gasteiger partial charge in [-0.1, -0.05) is 0 Å². The van der Waals surface area contributed by atoms with E-state index in [0.29, 0.717) is 30.6 Å². The first-order chi connectivity index (χ1) is 10.6. The van der Waals surface area contributed by atoms with Gasteiger partial charge in [0.15, 0.2) is 11.5 Å². The Morgan fingerprint density at radius 1 is 1.27 bits per heavy atom. The summed E-state index contributed by atoms with van der Waals surface area (Å²) in [5, 5.41) is 5.60. The molecule has 7 nitrogen and oxygen atoms in total. The maximum Gasteiger partial charge on any atom is 0.315 e. The first-order valence-corrected chi connectivity index (χ1v) is 7.35. The van der Waals surface area contributed by atoms with E-state index < -0.39 is 0 Å². The minimum atomic E-state index is -0.184. The van der Waals surface area contributed by atoms with Crippen molar-refractivity contribution in [2.24, 2.45) is 0 Å². The number of urea groups is 1. The highest BCUT2D eigenvalue weighted by Gasteiger charge is 2.23. The van der Waals surface area contributed by atoms with Crippen LogP contribution in [0, 0.1) is 0 Å². The monoisotopic (exact) mass is 305 g/mol. The summed E-state index contributed by atoms with van der Waals surface area (Å²) >= 11 is 0. The minimum Gasteiger partial charge on any atom is -0.454 e. The van der Waals surface area contributed by atoms with Crippen molar-refractivity contribution in [3.63, 3.8) is 0 Å². The summed E-state index contributed by atoms with van der Waals surface area (Å²) in [6.45, 7) is 2.47. The molecule has 2 aliphatic rings. The third kappa shape index (κ3) is 3.41. The number of carbonyl (C=O) groups is 2. The number of hydrogen-bond donors (Lipinski definition) is 2. The lowest BCUT2D eigenvalue weighted by atomic mass is 10.2. The van der Waals surface area contributed by atoms with Crippen molar-refractivity contribution in [3.8, 4) is 11.5 Å². The maximum absolute atomic E-state index is 11.8. The summed E-state index contributed by atoms with van der Waals surface area (Å²) in [5.74, 6) is 1.21. The van der Waals surface area contributed by atoms with Gasteiger partial charge in [0, 0.05) is 37.8 Å². The molecule has 0 radical (unpaired) electrons. The molecule has 1 aromatic rings. The summed E-state index contributed by atoms with van der Waals surface area (Å²) < 4.78 is 10.6. The quantitative estimate of drug-likeness (QED) is 0.857. The molecule has 3 rings (SSSR count). The van der Waals surface area contributed by atoms with Crippen LogP contribution < -0.4 is 25.0 Å². The van der Waals surface area contributed by atoms with Gasteiger partial charge >= 0.3 is 6.03 Å². The van der Waals surface area contributed by atoms with Crippen molar-refractivity contribution in [1.29, 1.82) is 0 Å². The van der Waals surface area contributed by atoms with E-state index in [-0.39, 0.29) is 18.7 Å². The molecule has 0 spiro atoms. The number of fused-ring (bicyclic) bond motifs is 1. The Morgan fingerprint density at radius 3 is 2.77 bits per heavy atom. The van der Waals surface area contributed by atoms with E-state index >= 15 is 0 Å². The van der Waals surface area contributed by atoms with Crippen LogP contribution in [0.3, 0.4) is 0 Å². The van der Waals surface area contributed by atoms with Crippen molar-refractivity contribution >= 4 is 17.6 Å². The van der Waals surface area contributed by atoms with Crippen LogP contribution in [0.4, 0.5) is 10.5 Å². The molecule has 0 saturated heterocycles. The number of rotatable bonds is 5. The van der Waals surface area contributed by atoms with Crippen molar-refractivity contribution in [2.45, 2.75) is 25.8 Å². The molecule has 0 unspecified atom stereocenters. The minimum absolute atomic E-state index is 0.0942. The largest absolute Gasteiger partial charge is 0.454 e. The van der Waals surface area contributed by atoms with Crippen LogP contribution in [0.15, 0.2) is 18.2 Å². The number of nitrogens with one attached hydrogen (secondary N) is 2.